The maximum absolute atomic E-state index is 10.2. The number of benzene rings is 1. The van der Waals surface area contributed by atoms with Gasteiger partial charge in [0, 0.05) is 12.6 Å². The van der Waals surface area contributed by atoms with Crippen LogP contribution in [0.25, 0.3) is 0 Å². The van der Waals surface area contributed by atoms with Crippen molar-refractivity contribution >= 4 is 6.41 Å². The number of rotatable bonds is 8. The molecule has 2 rings (SSSR count). The van der Waals surface area contributed by atoms with Crippen molar-refractivity contribution in [3.8, 4) is 5.75 Å². The van der Waals surface area contributed by atoms with E-state index in [-0.39, 0.29) is 0 Å². The SMILES string of the molecule is O=CNCCCOc1cccc(CC2CCCCCCN2)c1. The van der Waals surface area contributed by atoms with E-state index in [2.05, 4.69) is 28.8 Å². The average molecular weight is 304 g/mol. The van der Waals surface area contributed by atoms with Gasteiger partial charge < -0.3 is 15.4 Å². The zero-order chi connectivity index (χ0) is 15.5. The molecule has 1 saturated heterocycles. The normalized spacial score (nSPS) is 19.0. The van der Waals surface area contributed by atoms with E-state index in [1.165, 1.54) is 37.7 Å². The van der Waals surface area contributed by atoms with Crippen LogP contribution >= 0.6 is 0 Å². The molecule has 0 radical (unpaired) electrons. The highest BCUT2D eigenvalue weighted by atomic mass is 16.5. The summed E-state index contributed by atoms with van der Waals surface area (Å²) in [5, 5.41) is 6.32. The van der Waals surface area contributed by atoms with Gasteiger partial charge in [-0.05, 0) is 49.9 Å². The Morgan fingerprint density at radius 2 is 2.18 bits per heavy atom. The van der Waals surface area contributed by atoms with Gasteiger partial charge in [0.1, 0.15) is 5.75 Å². The molecule has 122 valence electrons. The predicted molar refractivity (Wildman–Crippen MR) is 89.2 cm³/mol. The van der Waals surface area contributed by atoms with Gasteiger partial charge in [-0.15, -0.1) is 0 Å². The van der Waals surface area contributed by atoms with E-state index >= 15 is 0 Å². The fraction of sp³-hybridized carbons (Fsp3) is 0.611. The predicted octanol–water partition coefficient (Wildman–Crippen LogP) is 2.67. The molecule has 1 aromatic rings. The zero-order valence-corrected chi connectivity index (χ0v) is 13.4. The highest BCUT2D eigenvalue weighted by molar-refractivity contribution is 5.45. The van der Waals surface area contributed by atoms with Gasteiger partial charge in [-0.25, -0.2) is 0 Å². The summed E-state index contributed by atoms with van der Waals surface area (Å²) in [6, 6.07) is 8.99. The van der Waals surface area contributed by atoms with Crippen molar-refractivity contribution in [3.05, 3.63) is 29.8 Å². The Balaban J connectivity index is 1.78. The van der Waals surface area contributed by atoms with Crippen LogP contribution in [0.3, 0.4) is 0 Å². The molecule has 0 aliphatic carbocycles. The van der Waals surface area contributed by atoms with Crippen LogP contribution in [0.1, 0.15) is 44.1 Å². The topological polar surface area (TPSA) is 50.4 Å². The second-order valence-electron chi connectivity index (χ2n) is 5.98. The highest BCUT2D eigenvalue weighted by Crippen LogP contribution is 2.18. The van der Waals surface area contributed by atoms with Gasteiger partial charge in [0.05, 0.1) is 6.61 Å². The Bertz CT molecular complexity index is 429. The molecule has 1 aliphatic heterocycles. The maximum atomic E-state index is 10.2. The monoisotopic (exact) mass is 304 g/mol. The number of hydrogen-bond acceptors (Lipinski definition) is 3. The molecule has 4 nitrogen and oxygen atoms in total. The summed E-state index contributed by atoms with van der Waals surface area (Å²) in [6.07, 6.45) is 9.26. The lowest BCUT2D eigenvalue weighted by molar-refractivity contribution is -0.109. The minimum atomic E-state index is 0.590. The smallest absolute Gasteiger partial charge is 0.207 e. The summed E-state index contributed by atoms with van der Waals surface area (Å²) in [4.78, 5) is 10.2. The minimum Gasteiger partial charge on any atom is -0.494 e. The fourth-order valence-corrected chi connectivity index (χ4v) is 2.92. The first-order valence-electron chi connectivity index (χ1n) is 8.50. The zero-order valence-electron chi connectivity index (χ0n) is 13.4. The molecular formula is C18H28N2O2. The number of ether oxygens (including phenoxy) is 1. The molecule has 22 heavy (non-hydrogen) atoms. The maximum Gasteiger partial charge on any atom is 0.207 e. The summed E-state index contributed by atoms with van der Waals surface area (Å²) in [6.45, 7) is 2.44. The lowest BCUT2D eigenvalue weighted by atomic mass is 9.98. The van der Waals surface area contributed by atoms with Crippen molar-refractivity contribution in [2.45, 2.75) is 51.0 Å². The Kier molecular flexibility index (Phi) is 7.81. The van der Waals surface area contributed by atoms with Gasteiger partial charge in [0.15, 0.2) is 0 Å². The average Bonchev–Trinajstić information content (AvgIpc) is 2.50. The number of carbonyl (C=O) groups excluding carboxylic acids is 1. The van der Waals surface area contributed by atoms with E-state index < -0.39 is 0 Å². The van der Waals surface area contributed by atoms with Crippen molar-refractivity contribution < 1.29 is 9.53 Å². The fourth-order valence-electron chi connectivity index (χ4n) is 2.92. The van der Waals surface area contributed by atoms with Gasteiger partial charge >= 0.3 is 0 Å². The van der Waals surface area contributed by atoms with Crippen LogP contribution in [0.2, 0.25) is 0 Å². The van der Waals surface area contributed by atoms with E-state index in [1.807, 2.05) is 6.07 Å². The number of nitrogens with one attached hydrogen (secondary N) is 2. The van der Waals surface area contributed by atoms with Gasteiger partial charge in [-0.3, -0.25) is 4.79 Å². The summed E-state index contributed by atoms with van der Waals surface area (Å²) >= 11 is 0. The second-order valence-corrected chi connectivity index (χ2v) is 5.98. The van der Waals surface area contributed by atoms with Crippen LogP contribution in [0, 0.1) is 0 Å². The molecule has 0 spiro atoms. The third-order valence-electron chi connectivity index (χ3n) is 4.11. The molecule has 1 fully saturated rings. The first-order chi connectivity index (χ1) is 10.9. The van der Waals surface area contributed by atoms with Crippen molar-refractivity contribution in [1.29, 1.82) is 0 Å². The molecule has 1 atom stereocenters. The van der Waals surface area contributed by atoms with Crippen LogP contribution in [-0.4, -0.2) is 32.1 Å². The largest absolute Gasteiger partial charge is 0.494 e. The lowest BCUT2D eigenvalue weighted by Crippen LogP contribution is -2.33. The Morgan fingerprint density at radius 3 is 3.09 bits per heavy atom. The molecule has 1 unspecified atom stereocenters. The van der Waals surface area contributed by atoms with Crippen LogP contribution in [-0.2, 0) is 11.2 Å². The molecule has 4 heteroatoms. The van der Waals surface area contributed by atoms with Crippen LogP contribution < -0.4 is 15.4 Å². The number of amides is 1. The molecule has 2 N–H and O–H groups in total. The van der Waals surface area contributed by atoms with E-state index in [1.54, 1.807) is 0 Å². The Labute approximate surface area is 133 Å². The summed E-state index contributed by atoms with van der Waals surface area (Å²) in [7, 11) is 0. The van der Waals surface area contributed by atoms with E-state index in [0.29, 0.717) is 19.2 Å². The Hall–Kier alpha value is -1.55. The highest BCUT2D eigenvalue weighted by Gasteiger charge is 2.11. The summed E-state index contributed by atoms with van der Waals surface area (Å²) in [5.41, 5.74) is 1.33. The summed E-state index contributed by atoms with van der Waals surface area (Å²) < 4.78 is 5.75. The van der Waals surface area contributed by atoms with Crippen molar-refractivity contribution in [3.63, 3.8) is 0 Å². The van der Waals surface area contributed by atoms with Gasteiger partial charge in [-0.1, -0.05) is 31.4 Å². The standard InChI is InChI=1S/C18H28N2O2/c21-15-19-10-6-12-22-18-9-5-7-16(14-18)13-17-8-3-1-2-4-11-20-17/h5,7,9,14-15,17,20H,1-4,6,8,10-13H2,(H,19,21). The van der Waals surface area contributed by atoms with Crippen molar-refractivity contribution in [1.82, 2.24) is 10.6 Å². The molecule has 1 aromatic carbocycles. The number of hydrogen-bond donors (Lipinski definition) is 2. The van der Waals surface area contributed by atoms with Crippen LogP contribution in [0.5, 0.6) is 5.75 Å². The Morgan fingerprint density at radius 1 is 1.27 bits per heavy atom. The summed E-state index contributed by atoms with van der Waals surface area (Å²) in [5.74, 6) is 0.925. The van der Waals surface area contributed by atoms with Gasteiger partial charge in [0.2, 0.25) is 6.41 Å². The first kappa shape index (κ1) is 16.8. The van der Waals surface area contributed by atoms with Crippen molar-refractivity contribution in [2.75, 3.05) is 19.7 Å². The van der Waals surface area contributed by atoms with E-state index in [9.17, 15) is 4.79 Å². The first-order valence-corrected chi connectivity index (χ1v) is 8.50. The van der Waals surface area contributed by atoms with Crippen LogP contribution in [0.4, 0.5) is 0 Å². The van der Waals surface area contributed by atoms with E-state index in [4.69, 9.17) is 4.74 Å². The molecule has 0 aromatic heterocycles. The molecule has 0 saturated carbocycles. The number of carbonyl (C=O) groups is 1. The molecule has 1 heterocycles. The minimum absolute atomic E-state index is 0.590. The molecule has 1 aliphatic rings. The molecular weight excluding hydrogens is 276 g/mol. The van der Waals surface area contributed by atoms with Gasteiger partial charge in [0.25, 0.3) is 0 Å². The van der Waals surface area contributed by atoms with Gasteiger partial charge in [-0.2, -0.15) is 0 Å². The van der Waals surface area contributed by atoms with Crippen molar-refractivity contribution in [2.24, 2.45) is 0 Å². The van der Waals surface area contributed by atoms with Crippen LogP contribution in [0.15, 0.2) is 24.3 Å². The molecule has 0 bridgehead atoms. The molecule has 1 amide bonds. The quantitative estimate of drug-likeness (QED) is 0.573. The third-order valence-corrected chi connectivity index (χ3v) is 4.11. The third kappa shape index (κ3) is 6.48. The lowest BCUT2D eigenvalue weighted by Gasteiger charge is -2.21. The second kappa shape index (κ2) is 10.2. The van der Waals surface area contributed by atoms with E-state index in [0.717, 1.165) is 31.5 Å².